The lowest BCUT2D eigenvalue weighted by Crippen LogP contribution is -2.05. The van der Waals surface area contributed by atoms with E-state index in [9.17, 15) is 4.79 Å². The summed E-state index contributed by atoms with van der Waals surface area (Å²) in [5, 5.41) is 0. The summed E-state index contributed by atoms with van der Waals surface area (Å²) < 4.78 is 5.69. The third-order valence-corrected chi connectivity index (χ3v) is 3.18. The molecule has 1 aliphatic carbocycles. The molecule has 0 atom stereocenters. The number of ether oxygens (including phenoxy) is 1. The standard InChI is InChI=1S/C14H18O2/c15-9-13-6-3-7-14(8-13)11-16-10-12-4-1-2-5-12/h3,6-9,12H,1-2,4-5,10-11H2. The van der Waals surface area contributed by atoms with Crippen molar-refractivity contribution in [3.63, 3.8) is 0 Å². The molecule has 1 aliphatic rings. The van der Waals surface area contributed by atoms with E-state index in [1.807, 2.05) is 24.3 Å². The monoisotopic (exact) mass is 218 g/mol. The largest absolute Gasteiger partial charge is 0.376 e. The van der Waals surface area contributed by atoms with Gasteiger partial charge < -0.3 is 4.74 Å². The number of hydrogen-bond donors (Lipinski definition) is 0. The Morgan fingerprint density at radius 3 is 2.88 bits per heavy atom. The molecule has 2 rings (SSSR count). The van der Waals surface area contributed by atoms with Crippen molar-refractivity contribution in [1.82, 2.24) is 0 Å². The van der Waals surface area contributed by atoms with Crippen molar-refractivity contribution < 1.29 is 9.53 Å². The maximum absolute atomic E-state index is 10.6. The van der Waals surface area contributed by atoms with Crippen LogP contribution >= 0.6 is 0 Å². The van der Waals surface area contributed by atoms with Crippen LogP contribution in [0, 0.1) is 5.92 Å². The van der Waals surface area contributed by atoms with E-state index >= 15 is 0 Å². The molecule has 2 heteroatoms. The van der Waals surface area contributed by atoms with E-state index in [4.69, 9.17) is 4.74 Å². The van der Waals surface area contributed by atoms with Crippen LogP contribution < -0.4 is 0 Å². The lowest BCUT2D eigenvalue weighted by Gasteiger charge is -2.09. The van der Waals surface area contributed by atoms with Gasteiger partial charge in [0.25, 0.3) is 0 Å². The number of carbonyl (C=O) groups excluding carboxylic acids is 1. The number of carbonyl (C=O) groups is 1. The molecule has 0 N–H and O–H groups in total. The molecule has 0 spiro atoms. The molecule has 16 heavy (non-hydrogen) atoms. The Bertz CT molecular complexity index is 340. The number of aldehydes is 1. The fraction of sp³-hybridized carbons (Fsp3) is 0.500. The molecule has 2 nitrogen and oxygen atoms in total. The molecule has 0 aliphatic heterocycles. The maximum atomic E-state index is 10.6. The second-order valence-corrected chi connectivity index (χ2v) is 4.53. The molecule has 1 saturated carbocycles. The molecule has 0 heterocycles. The van der Waals surface area contributed by atoms with Gasteiger partial charge in [-0.15, -0.1) is 0 Å². The first-order chi connectivity index (χ1) is 7.88. The van der Waals surface area contributed by atoms with Gasteiger partial charge in [0.05, 0.1) is 6.61 Å². The summed E-state index contributed by atoms with van der Waals surface area (Å²) in [6, 6.07) is 7.61. The highest BCUT2D eigenvalue weighted by Crippen LogP contribution is 2.24. The van der Waals surface area contributed by atoms with Gasteiger partial charge in [-0.2, -0.15) is 0 Å². The van der Waals surface area contributed by atoms with Crippen molar-refractivity contribution in [2.75, 3.05) is 6.61 Å². The van der Waals surface area contributed by atoms with Gasteiger partial charge in [0.1, 0.15) is 6.29 Å². The van der Waals surface area contributed by atoms with Crippen LogP contribution in [0.1, 0.15) is 41.6 Å². The zero-order chi connectivity index (χ0) is 11.2. The smallest absolute Gasteiger partial charge is 0.150 e. The first-order valence-electron chi connectivity index (χ1n) is 6.00. The first kappa shape index (κ1) is 11.3. The van der Waals surface area contributed by atoms with Gasteiger partial charge in [-0.1, -0.05) is 31.0 Å². The SMILES string of the molecule is O=Cc1cccc(COCC2CCCC2)c1. The molecule has 0 bridgehead atoms. The van der Waals surface area contributed by atoms with Crippen LogP contribution in [0.15, 0.2) is 24.3 Å². The Hall–Kier alpha value is -1.15. The predicted octanol–water partition coefficient (Wildman–Crippen LogP) is 3.21. The Balaban J connectivity index is 1.77. The number of benzene rings is 1. The topological polar surface area (TPSA) is 26.3 Å². The lowest BCUT2D eigenvalue weighted by molar-refractivity contribution is 0.0888. The molecule has 0 saturated heterocycles. The van der Waals surface area contributed by atoms with E-state index in [1.165, 1.54) is 25.7 Å². The van der Waals surface area contributed by atoms with Crippen LogP contribution in [0.5, 0.6) is 0 Å². The summed E-state index contributed by atoms with van der Waals surface area (Å²) >= 11 is 0. The van der Waals surface area contributed by atoms with E-state index in [0.29, 0.717) is 6.61 Å². The molecular formula is C14H18O2. The van der Waals surface area contributed by atoms with Gasteiger partial charge in [0, 0.05) is 12.2 Å². The van der Waals surface area contributed by atoms with E-state index in [0.717, 1.165) is 29.9 Å². The van der Waals surface area contributed by atoms with E-state index in [2.05, 4.69) is 0 Å². The van der Waals surface area contributed by atoms with Crippen molar-refractivity contribution in [3.05, 3.63) is 35.4 Å². The van der Waals surface area contributed by atoms with Crippen LogP contribution in [-0.2, 0) is 11.3 Å². The molecule has 0 aromatic heterocycles. The minimum atomic E-state index is 0.623. The van der Waals surface area contributed by atoms with Crippen molar-refractivity contribution in [2.45, 2.75) is 32.3 Å². The summed E-state index contributed by atoms with van der Waals surface area (Å²) in [6.07, 6.45) is 6.21. The van der Waals surface area contributed by atoms with Crippen LogP contribution in [0.4, 0.5) is 0 Å². The summed E-state index contributed by atoms with van der Waals surface area (Å²) in [7, 11) is 0. The maximum Gasteiger partial charge on any atom is 0.150 e. The Morgan fingerprint density at radius 2 is 2.12 bits per heavy atom. The van der Waals surface area contributed by atoms with Crippen molar-refractivity contribution in [1.29, 1.82) is 0 Å². The number of rotatable bonds is 5. The fourth-order valence-corrected chi connectivity index (χ4v) is 2.28. The molecule has 1 fully saturated rings. The van der Waals surface area contributed by atoms with E-state index < -0.39 is 0 Å². The predicted molar refractivity (Wildman–Crippen MR) is 63.4 cm³/mol. The molecular weight excluding hydrogens is 200 g/mol. The van der Waals surface area contributed by atoms with Crippen LogP contribution in [0.25, 0.3) is 0 Å². The van der Waals surface area contributed by atoms with Gasteiger partial charge in [-0.25, -0.2) is 0 Å². The molecule has 0 unspecified atom stereocenters. The fourth-order valence-electron chi connectivity index (χ4n) is 2.28. The Morgan fingerprint density at radius 1 is 1.31 bits per heavy atom. The first-order valence-corrected chi connectivity index (χ1v) is 6.00. The second-order valence-electron chi connectivity index (χ2n) is 4.53. The van der Waals surface area contributed by atoms with Crippen molar-refractivity contribution >= 4 is 6.29 Å². The molecule has 0 amide bonds. The van der Waals surface area contributed by atoms with Gasteiger partial charge in [0.2, 0.25) is 0 Å². The minimum absolute atomic E-state index is 0.623. The van der Waals surface area contributed by atoms with Crippen LogP contribution in [0.2, 0.25) is 0 Å². The summed E-state index contributed by atoms with van der Waals surface area (Å²) in [5.74, 6) is 0.759. The highest BCUT2D eigenvalue weighted by atomic mass is 16.5. The summed E-state index contributed by atoms with van der Waals surface area (Å²) in [5.41, 5.74) is 1.81. The average Bonchev–Trinajstić information content (AvgIpc) is 2.82. The average molecular weight is 218 g/mol. The molecule has 1 aromatic carbocycles. The zero-order valence-electron chi connectivity index (χ0n) is 9.52. The second kappa shape index (κ2) is 5.80. The Labute approximate surface area is 96.6 Å². The lowest BCUT2D eigenvalue weighted by atomic mass is 10.1. The Kier molecular flexibility index (Phi) is 4.11. The molecule has 86 valence electrons. The summed E-state index contributed by atoms with van der Waals surface area (Å²) in [6.45, 7) is 1.49. The minimum Gasteiger partial charge on any atom is -0.376 e. The molecule has 1 aromatic rings. The van der Waals surface area contributed by atoms with Gasteiger partial charge in [-0.05, 0) is 30.4 Å². The highest BCUT2D eigenvalue weighted by molar-refractivity contribution is 5.74. The van der Waals surface area contributed by atoms with E-state index in [-0.39, 0.29) is 0 Å². The van der Waals surface area contributed by atoms with Crippen LogP contribution in [0.3, 0.4) is 0 Å². The quantitative estimate of drug-likeness (QED) is 0.709. The normalized spacial score (nSPS) is 16.5. The third kappa shape index (κ3) is 3.17. The molecule has 0 radical (unpaired) electrons. The summed E-state index contributed by atoms with van der Waals surface area (Å²) in [4.78, 5) is 10.6. The van der Waals surface area contributed by atoms with Gasteiger partial charge >= 0.3 is 0 Å². The third-order valence-electron chi connectivity index (χ3n) is 3.18. The number of hydrogen-bond acceptors (Lipinski definition) is 2. The highest BCUT2D eigenvalue weighted by Gasteiger charge is 2.14. The van der Waals surface area contributed by atoms with Gasteiger partial charge in [-0.3, -0.25) is 4.79 Å². The van der Waals surface area contributed by atoms with Crippen molar-refractivity contribution in [3.8, 4) is 0 Å². The zero-order valence-corrected chi connectivity index (χ0v) is 9.52. The van der Waals surface area contributed by atoms with Crippen LogP contribution in [-0.4, -0.2) is 12.9 Å². The van der Waals surface area contributed by atoms with Crippen molar-refractivity contribution in [2.24, 2.45) is 5.92 Å². The van der Waals surface area contributed by atoms with Gasteiger partial charge in [0.15, 0.2) is 0 Å². The van der Waals surface area contributed by atoms with E-state index in [1.54, 1.807) is 0 Å².